The summed E-state index contributed by atoms with van der Waals surface area (Å²) < 4.78 is 4.53. The summed E-state index contributed by atoms with van der Waals surface area (Å²) in [7, 11) is 1.17. The third-order valence-corrected chi connectivity index (χ3v) is 2.85. The number of carbonyl (C=O) groups is 2. The van der Waals surface area contributed by atoms with Crippen molar-refractivity contribution in [1.82, 2.24) is 4.90 Å². The van der Waals surface area contributed by atoms with Crippen LogP contribution in [0.25, 0.3) is 0 Å². The number of carbonyl (C=O) groups excluding carboxylic acids is 2. The standard InChI is InChI=1S/C13H16N2O5/c1-4-14(5-2)12(16)9-6-10(13(17)20-3)8-11(7-9)15(18)19/h6-8H,4-5H2,1-3H3. The quantitative estimate of drug-likeness (QED) is 0.466. The third-order valence-electron chi connectivity index (χ3n) is 2.85. The molecule has 1 aromatic carbocycles. The van der Waals surface area contributed by atoms with E-state index in [0.717, 1.165) is 12.1 Å². The Kier molecular flexibility index (Phi) is 5.19. The van der Waals surface area contributed by atoms with Crippen LogP contribution in [0.1, 0.15) is 34.6 Å². The molecule has 0 aromatic heterocycles. The molecule has 0 aliphatic heterocycles. The number of non-ortho nitro benzene ring substituents is 1. The molecule has 0 saturated heterocycles. The van der Waals surface area contributed by atoms with Crippen molar-refractivity contribution < 1.29 is 19.2 Å². The molecule has 0 fully saturated rings. The first kappa shape index (κ1) is 15.6. The molecule has 0 heterocycles. The average molecular weight is 280 g/mol. The number of nitro groups is 1. The lowest BCUT2D eigenvalue weighted by atomic mass is 10.1. The van der Waals surface area contributed by atoms with Crippen molar-refractivity contribution in [3.63, 3.8) is 0 Å². The van der Waals surface area contributed by atoms with E-state index in [9.17, 15) is 19.7 Å². The van der Waals surface area contributed by atoms with Crippen LogP contribution in [-0.2, 0) is 4.74 Å². The van der Waals surface area contributed by atoms with Gasteiger partial charge in [-0.25, -0.2) is 4.79 Å². The van der Waals surface area contributed by atoms with Crippen molar-refractivity contribution in [3.05, 3.63) is 39.4 Å². The summed E-state index contributed by atoms with van der Waals surface area (Å²) >= 11 is 0. The summed E-state index contributed by atoms with van der Waals surface area (Å²) in [4.78, 5) is 35.4. The lowest BCUT2D eigenvalue weighted by molar-refractivity contribution is -0.384. The molecule has 7 heteroatoms. The number of hydrogen-bond acceptors (Lipinski definition) is 5. The first-order chi connectivity index (χ1) is 9.44. The Morgan fingerprint density at radius 2 is 1.75 bits per heavy atom. The van der Waals surface area contributed by atoms with Crippen molar-refractivity contribution in [2.45, 2.75) is 13.8 Å². The van der Waals surface area contributed by atoms with Gasteiger partial charge in [-0.15, -0.1) is 0 Å². The van der Waals surface area contributed by atoms with Crippen molar-refractivity contribution >= 4 is 17.6 Å². The van der Waals surface area contributed by atoms with Crippen LogP contribution < -0.4 is 0 Å². The maximum atomic E-state index is 12.2. The molecular weight excluding hydrogens is 264 g/mol. The lowest BCUT2D eigenvalue weighted by Crippen LogP contribution is -2.30. The van der Waals surface area contributed by atoms with Crippen LogP contribution in [0.2, 0.25) is 0 Å². The van der Waals surface area contributed by atoms with Gasteiger partial charge in [-0.05, 0) is 19.9 Å². The fourth-order valence-electron chi connectivity index (χ4n) is 1.77. The van der Waals surface area contributed by atoms with Crippen molar-refractivity contribution in [2.75, 3.05) is 20.2 Å². The van der Waals surface area contributed by atoms with E-state index in [1.165, 1.54) is 18.1 Å². The topological polar surface area (TPSA) is 89.8 Å². The van der Waals surface area contributed by atoms with E-state index in [4.69, 9.17) is 0 Å². The fraction of sp³-hybridized carbons (Fsp3) is 0.385. The fourth-order valence-corrected chi connectivity index (χ4v) is 1.77. The van der Waals surface area contributed by atoms with Gasteiger partial charge in [0.15, 0.2) is 0 Å². The minimum Gasteiger partial charge on any atom is -0.465 e. The second-order valence-corrected chi connectivity index (χ2v) is 3.99. The van der Waals surface area contributed by atoms with Crippen LogP contribution in [0.5, 0.6) is 0 Å². The zero-order valence-electron chi connectivity index (χ0n) is 11.6. The number of rotatable bonds is 5. The van der Waals surface area contributed by atoms with E-state index >= 15 is 0 Å². The van der Waals surface area contributed by atoms with E-state index in [0.29, 0.717) is 13.1 Å². The number of hydrogen-bond donors (Lipinski definition) is 0. The van der Waals surface area contributed by atoms with Crippen LogP contribution >= 0.6 is 0 Å². The van der Waals surface area contributed by atoms with Gasteiger partial charge in [0.25, 0.3) is 11.6 Å². The molecule has 0 saturated carbocycles. The number of amides is 1. The van der Waals surface area contributed by atoms with Crippen molar-refractivity contribution in [2.24, 2.45) is 0 Å². The molecule has 0 aliphatic rings. The lowest BCUT2D eigenvalue weighted by Gasteiger charge is -2.18. The predicted octanol–water partition coefficient (Wildman–Crippen LogP) is 1.86. The molecule has 0 unspecified atom stereocenters. The number of methoxy groups -OCH3 is 1. The highest BCUT2D eigenvalue weighted by molar-refractivity contribution is 5.99. The van der Waals surface area contributed by atoms with Gasteiger partial charge in [-0.2, -0.15) is 0 Å². The second kappa shape index (κ2) is 6.65. The molecule has 1 rings (SSSR count). The Hall–Kier alpha value is -2.44. The van der Waals surface area contributed by atoms with Crippen molar-refractivity contribution in [3.8, 4) is 0 Å². The highest BCUT2D eigenvalue weighted by Gasteiger charge is 2.20. The first-order valence-electron chi connectivity index (χ1n) is 6.11. The Labute approximate surface area is 116 Å². The smallest absolute Gasteiger partial charge is 0.338 e. The number of ether oxygens (including phenoxy) is 1. The van der Waals surface area contributed by atoms with Crippen LogP contribution in [0.3, 0.4) is 0 Å². The summed E-state index contributed by atoms with van der Waals surface area (Å²) in [6.45, 7) is 4.57. The molecule has 1 amide bonds. The van der Waals surface area contributed by atoms with E-state index in [2.05, 4.69) is 4.74 Å². The minimum atomic E-state index is -0.720. The Bertz CT molecular complexity index is 538. The Balaban J connectivity index is 3.31. The highest BCUT2D eigenvalue weighted by Crippen LogP contribution is 2.19. The maximum absolute atomic E-state index is 12.2. The summed E-state index contributed by atoms with van der Waals surface area (Å²) in [6.07, 6.45) is 0. The summed E-state index contributed by atoms with van der Waals surface area (Å²) in [5.74, 6) is -1.08. The second-order valence-electron chi connectivity index (χ2n) is 3.99. The van der Waals surface area contributed by atoms with E-state index in [1.54, 1.807) is 13.8 Å². The molecule has 1 aromatic rings. The summed E-state index contributed by atoms with van der Waals surface area (Å²) in [6, 6.07) is 3.55. The van der Waals surface area contributed by atoms with Crippen LogP contribution in [0, 0.1) is 10.1 Å². The largest absolute Gasteiger partial charge is 0.465 e. The summed E-state index contributed by atoms with van der Waals surface area (Å²) in [5, 5.41) is 10.9. The van der Waals surface area contributed by atoms with Gasteiger partial charge in [0, 0.05) is 30.8 Å². The molecule has 0 radical (unpaired) electrons. The molecule has 108 valence electrons. The molecule has 0 atom stereocenters. The molecule has 0 spiro atoms. The Morgan fingerprint density at radius 3 is 2.20 bits per heavy atom. The first-order valence-corrected chi connectivity index (χ1v) is 6.11. The molecule has 0 N–H and O–H groups in total. The van der Waals surface area contributed by atoms with Gasteiger partial charge in [-0.3, -0.25) is 14.9 Å². The predicted molar refractivity (Wildman–Crippen MR) is 71.7 cm³/mol. The van der Waals surface area contributed by atoms with Crippen molar-refractivity contribution in [1.29, 1.82) is 0 Å². The van der Waals surface area contributed by atoms with E-state index in [-0.39, 0.29) is 22.7 Å². The molecular formula is C13H16N2O5. The van der Waals surface area contributed by atoms with Gasteiger partial charge in [0.1, 0.15) is 0 Å². The van der Waals surface area contributed by atoms with Gasteiger partial charge < -0.3 is 9.64 Å². The molecule has 0 aliphatic carbocycles. The van der Waals surface area contributed by atoms with E-state index < -0.39 is 10.9 Å². The zero-order chi connectivity index (χ0) is 15.3. The maximum Gasteiger partial charge on any atom is 0.338 e. The molecule has 0 bridgehead atoms. The zero-order valence-corrected chi connectivity index (χ0v) is 11.6. The minimum absolute atomic E-state index is 0.0165. The van der Waals surface area contributed by atoms with Gasteiger partial charge in [0.2, 0.25) is 0 Å². The SMILES string of the molecule is CCN(CC)C(=O)c1cc(C(=O)OC)cc([N+](=O)[O-])c1. The van der Waals surface area contributed by atoms with Gasteiger partial charge >= 0.3 is 5.97 Å². The van der Waals surface area contributed by atoms with Crippen LogP contribution in [0.15, 0.2) is 18.2 Å². The summed E-state index contributed by atoms with van der Waals surface area (Å²) in [5.41, 5.74) is -0.232. The van der Waals surface area contributed by atoms with E-state index in [1.807, 2.05) is 0 Å². The monoisotopic (exact) mass is 280 g/mol. The molecule has 20 heavy (non-hydrogen) atoms. The van der Waals surface area contributed by atoms with Gasteiger partial charge in [0.05, 0.1) is 17.6 Å². The number of nitro benzene ring substituents is 1. The highest BCUT2D eigenvalue weighted by atomic mass is 16.6. The average Bonchev–Trinajstić information content (AvgIpc) is 2.46. The number of benzene rings is 1. The molecule has 7 nitrogen and oxygen atoms in total. The number of nitrogens with zero attached hydrogens (tertiary/aromatic N) is 2. The third kappa shape index (κ3) is 3.31. The van der Waals surface area contributed by atoms with Crippen LogP contribution in [0.4, 0.5) is 5.69 Å². The van der Waals surface area contributed by atoms with Gasteiger partial charge in [-0.1, -0.05) is 0 Å². The number of esters is 1. The normalized spacial score (nSPS) is 9.95. The Morgan fingerprint density at radius 1 is 1.20 bits per heavy atom. The van der Waals surface area contributed by atoms with Crippen LogP contribution in [-0.4, -0.2) is 41.9 Å².